The molecule has 0 atom stereocenters. The highest BCUT2D eigenvalue weighted by molar-refractivity contribution is 9.10. The van der Waals surface area contributed by atoms with Crippen LogP contribution in [0.25, 0.3) is 5.95 Å². The Hall–Kier alpha value is -1.23. The van der Waals surface area contributed by atoms with Gasteiger partial charge in [-0.3, -0.25) is 0 Å². The van der Waals surface area contributed by atoms with Gasteiger partial charge in [0.05, 0.1) is 15.9 Å². The fourth-order valence-electron chi connectivity index (χ4n) is 1.08. The molecule has 0 N–H and O–H groups in total. The van der Waals surface area contributed by atoms with Gasteiger partial charge < -0.3 is 0 Å². The molecule has 0 amide bonds. The van der Waals surface area contributed by atoms with Crippen molar-refractivity contribution in [3.8, 4) is 5.95 Å². The third-order valence-corrected chi connectivity index (χ3v) is 2.61. The predicted octanol–water partition coefficient (Wildman–Crippen LogP) is 2.04. The smallest absolute Gasteiger partial charge is 0.218 e. The van der Waals surface area contributed by atoms with Crippen molar-refractivity contribution in [3.05, 3.63) is 34.3 Å². The van der Waals surface area contributed by atoms with Gasteiger partial charge in [-0.15, -0.1) is 0 Å². The van der Waals surface area contributed by atoms with Crippen molar-refractivity contribution >= 4 is 15.9 Å². The van der Waals surface area contributed by atoms with Crippen LogP contribution in [0.5, 0.6) is 0 Å². The Balaban J connectivity index is 2.47. The van der Waals surface area contributed by atoms with E-state index in [-0.39, 0.29) is 0 Å². The number of rotatable bonds is 1. The van der Waals surface area contributed by atoms with Gasteiger partial charge in [-0.1, -0.05) is 0 Å². The van der Waals surface area contributed by atoms with E-state index in [0.717, 1.165) is 15.9 Å². The van der Waals surface area contributed by atoms with Crippen LogP contribution in [0.1, 0.15) is 11.4 Å². The zero-order valence-corrected chi connectivity index (χ0v) is 9.48. The second-order valence-electron chi connectivity index (χ2n) is 3.01. The summed E-state index contributed by atoms with van der Waals surface area (Å²) in [6.07, 6.45) is 3.58. The second kappa shape index (κ2) is 3.49. The van der Waals surface area contributed by atoms with E-state index in [4.69, 9.17) is 0 Å². The Morgan fingerprint density at radius 3 is 2.71 bits per heavy atom. The lowest BCUT2D eigenvalue weighted by Crippen LogP contribution is -2.03. The third-order valence-electron chi connectivity index (χ3n) is 1.83. The maximum Gasteiger partial charge on any atom is 0.250 e. The van der Waals surface area contributed by atoms with Gasteiger partial charge in [0.15, 0.2) is 0 Å². The molecule has 0 aliphatic carbocycles. The Morgan fingerprint density at radius 1 is 1.36 bits per heavy atom. The van der Waals surface area contributed by atoms with Crippen LogP contribution in [0.4, 0.5) is 0 Å². The van der Waals surface area contributed by atoms with Crippen LogP contribution in [-0.2, 0) is 0 Å². The van der Waals surface area contributed by atoms with E-state index in [2.05, 4.69) is 31.0 Å². The lowest BCUT2D eigenvalue weighted by Gasteiger charge is -2.01. The number of hydrogen-bond acceptors (Lipinski definition) is 3. The van der Waals surface area contributed by atoms with E-state index in [0.29, 0.717) is 5.95 Å². The summed E-state index contributed by atoms with van der Waals surface area (Å²) in [5.74, 6) is 0.596. The molecule has 2 heterocycles. The summed E-state index contributed by atoms with van der Waals surface area (Å²) >= 11 is 3.35. The largest absolute Gasteiger partial charge is 0.250 e. The lowest BCUT2D eigenvalue weighted by atomic mass is 10.5. The van der Waals surface area contributed by atoms with Crippen molar-refractivity contribution in [3.63, 3.8) is 0 Å². The molecule has 0 radical (unpaired) electrons. The van der Waals surface area contributed by atoms with Gasteiger partial charge in [0, 0.05) is 12.4 Å². The molecule has 4 nitrogen and oxygen atoms in total. The molecule has 2 aromatic heterocycles. The van der Waals surface area contributed by atoms with Gasteiger partial charge in [-0.25, -0.2) is 14.6 Å². The lowest BCUT2D eigenvalue weighted by molar-refractivity contribution is 0.788. The molecule has 0 saturated heterocycles. The Kier molecular flexibility index (Phi) is 2.33. The summed E-state index contributed by atoms with van der Waals surface area (Å²) in [6.45, 7) is 3.85. The average Bonchev–Trinajstić information content (AvgIpc) is 2.57. The van der Waals surface area contributed by atoms with E-state index >= 15 is 0 Å². The zero-order valence-electron chi connectivity index (χ0n) is 7.90. The molecule has 0 spiro atoms. The summed E-state index contributed by atoms with van der Waals surface area (Å²) in [6, 6.07) is 1.92. The van der Waals surface area contributed by atoms with Crippen LogP contribution in [0.15, 0.2) is 22.9 Å². The first-order valence-corrected chi connectivity index (χ1v) is 4.98. The van der Waals surface area contributed by atoms with Crippen molar-refractivity contribution in [2.75, 3.05) is 0 Å². The van der Waals surface area contributed by atoms with Crippen LogP contribution in [0.2, 0.25) is 0 Å². The maximum atomic E-state index is 4.30. The first kappa shape index (κ1) is 9.33. The Bertz CT molecular complexity index is 464. The highest BCUT2D eigenvalue weighted by Crippen LogP contribution is 2.12. The third kappa shape index (κ3) is 1.68. The Labute approximate surface area is 90.1 Å². The molecule has 0 saturated carbocycles. The zero-order chi connectivity index (χ0) is 10.1. The summed E-state index contributed by atoms with van der Waals surface area (Å²) in [4.78, 5) is 8.46. The first-order valence-electron chi connectivity index (χ1n) is 4.18. The molecular formula is C9H9BrN4. The van der Waals surface area contributed by atoms with Crippen molar-refractivity contribution in [1.82, 2.24) is 19.7 Å². The fraction of sp³-hybridized carbons (Fsp3) is 0.222. The number of aromatic nitrogens is 4. The molecule has 72 valence electrons. The van der Waals surface area contributed by atoms with E-state index in [1.165, 1.54) is 0 Å². The number of aryl methyl sites for hydroxylation is 2. The van der Waals surface area contributed by atoms with Crippen molar-refractivity contribution in [2.24, 2.45) is 0 Å². The molecule has 0 unspecified atom stereocenters. The SMILES string of the molecule is Cc1ccn(-c2ncc(Br)c(C)n2)n1. The van der Waals surface area contributed by atoms with Crippen LogP contribution in [0, 0.1) is 13.8 Å². The summed E-state index contributed by atoms with van der Waals surface area (Å²) < 4.78 is 2.57. The summed E-state index contributed by atoms with van der Waals surface area (Å²) in [5, 5.41) is 4.23. The molecule has 5 heteroatoms. The van der Waals surface area contributed by atoms with Gasteiger partial charge in [0.1, 0.15) is 0 Å². The standard InChI is InChI=1S/C9H9BrN4/c1-6-3-4-14(13-6)9-11-5-8(10)7(2)12-9/h3-5H,1-2H3. The molecule has 0 aliphatic rings. The monoisotopic (exact) mass is 252 g/mol. The normalized spacial score (nSPS) is 10.5. The van der Waals surface area contributed by atoms with Gasteiger partial charge >= 0.3 is 0 Å². The molecule has 0 fully saturated rings. The predicted molar refractivity (Wildman–Crippen MR) is 56.3 cm³/mol. The van der Waals surface area contributed by atoms with Gasteiger partial charge in [-0.2, -0.15) is 5.10 Å². The highest BCUT2D eigenvalue weighted by Gasteiger charge is 2.03. The van der Waals surface area contributed by atoms with Gasteiger partial charge in [0.2, 0.25) is 0 Å². The van der Waals surface area contributed by atoms with Crippen molar-refractivity contribution < 1.29 is 0 Å². The molecular weight excluding hydrogens is 244 g/mol. The van der Waals surface area contributed by atoms with Crippen LogP contribution >= 0.6 is 15.9 Å². The summed E-state index contributed by atoms with van der Waals surface area (Å²) in [7, 11) is 0. The number of nitrogens with zero attached hydrogens (tertiary/aromatic N) is 4. The molecule has 0 aromatic carbocycles. The second-order valence-corrected chi connectivity index (χ2v) is 3.86. The van der Waals surface area contributed by atoms with E-state index in [1.54, 1.807) is 10.9 Å². The average molecular weight is 253 g/mol. The van der Waals surface area contributed by atoms with E-state index in [9.17, 15) is 0 Å². The molecule has 0 aliphatic heterocycles. The van der Waals surface area contributed by atoms with Crippen LogP contribution in [-0.4, -0.2) is 19.7 Å². The topological polar surface area (TPSA) is 43.6 Å². The maximum absolute atomic E-state index is 4.30. The number of halogens is 1. The minimum atomic E-state index is 0.596. The Morgan fingerprint density at radius 2 is 2.14 bits per heavy atom. The van der Waals surface area contributed by atoms with Gasteiger partial charge in [-0.05, 0) is 35.8 Å². The summed E-state index contributed by atoms with van der Waals surface area (Å²) in [5.41, 5.74) is 1.86. The minimum absolute atomic E-state index is 0.596. The van der Waals surface area contributed by atoms with Gasteiger partial charge in [0.25, 0.3) is 5.95 Å². The van der Waals surface area contributed by atoms with E-state index < -0.39 is 0 Å². The molecule has 2 aromatic rings. The van der Waals surface area contributed by atoms with Crippen molar-refractivity contribution in [2.45, 2.75) is 13.8 Å². The van der Waals surface area contributed by atoms with Crippen molar-refractivity contribution in [1.29, 1.82) is 0 Å². The molecule has 14 heavy (non-hydrogen) atoms. The van der Waals surface area contributed by atoms with Crippen LogP contribution < -0.4 is 0 Å². The first-order chi connectivity index (χ1) is 6.66. The van der Waals surface area contributed by atoms with Crippen LogP contribution in [0.3, 0.4) is 0 Å². The van der Waals surface area contributed by atoms with E-state index in [1.807, 2.05) is 26.1 Å². The fourth-order valence-corrected chi connectivity index (χ4v) is 1.27. The molecule has 0 bridgehead atoms. The number of hydrogen-bond donors (Lipinski definition) is 0. The quantitative estimate of drug-likeness (QED) is 0.781. The molecule has 2 rings (SSSR count). The highest BCUT2D eigenvalue weighted by atomic mass is 79.9. The minimum Gasteiger partial charge on any atom is -0.218 e.